The van der Waals surface area contributed by atoms with Gasteiger partial charge >= 0.3 is 0 Å². The van der Waals surface area contributed by atoms with Crippen LogP contribution in [0.3, 0.4) is 0 Å². The fraction of sp³-hybridized carbons (Fsp3) is 0.138. The van der Waals surface area contributed by atoms with Crippen LogP contribution in [0.1, 0.15) is 30.5 Å². The second-order valence-corrected chi connectivity index (χ2v) is 8.32. The van der Waals surface area contributed by atoms with Gasteiger partial charge in [0.2, 0.25) is 0 Å². The lowest BCUT2D eigenvalue weighted by Crippen LogP contribution is -2.29. The molecule has 1 fully saturated rings. The van der Waals surface area contributed by atoms with E-state index in [-0.39, 0.29) is 11.3 Å². The summed E-state index contributed by atoms with van der Waals surface area (Å²) in [5, 5.41) is 13.2. The van der Waals surface area contributed by atoms with Crippen LogP contribution < -0.4 is 9.64 Å². The highest BCUT2D eigenvalue weighted by molar-refractivity contribution is 6.52. The van der Waals surface area contributed by atoms with Crippen molar-refractivity contribution in [3.8, 4) is 5.75 Å². The smallest absolute Gasteiger partial charge is 0.300 e. The van der Waals surface area contributed by atoms with Crippen molar-refractivity contribution in [3.05, 3.63) is 108 Å². The average Bonchev–Trinajstić information content (AvgIpc) is 3.17. The Hall–Kier alpha value is -4.45. The Morgan fingerprint density at radius 1 is 0.971 bits per heavy atom. The van der Waals surface area contributed by atoms with Crippen molar-refractivity contribution in [3.63, 3.8) is 0 Å². The molecule has 1 aromatic heterocycles. The van der Waals surface area contributed by atoms with Gasteiger partial charge in [0.25, 0.3) is 11.7 Å². The molecule has 1 N–H and O–H groups in total. The topological polar surface area (TPSA) is 79.7 Å². The molecule has 0 aliphatic carbocycles. The van der Waals surface area contributed by atoms with Gasteiger partial charge in [-0.2, -0.15) is 0 Å². The minimum atomic E-state index is -0.816. The SMILES string of the molecule is CCCOc1cccc(/C(O)=C2\C(=O)C(=O)N(c3cccc4ccccc34)C2c2ccncc2)c1. The van der Waals surface area contributed by atoms with Crippen LogP contribution >= 0.6 is 0 Å². The van der Waals surface area contributed by atoms with E-state index >= 15 is 0 Å². The van der Waals surface area contributed by atoms with Crippen molar-refractivity contribution in [2.24, 2.45) is 0 Å². The van der Waals surface area contributed by atoms with E-state index in [1.165, 1.54) is 4.90 Å². The molecule has 4 aromatic rings. The molecule has 6 nitrogen and oxygen atoms in total. The molecule has 1 amide bonds. The number of benzene rings is 3. The van der Waals surface area contributed by atoms with Crippen LogP contribution in [0.25, 0.3) is 16.5 Å². The number of aliphatic hydroxyl groups is 1. The standard InChI is InChI=1S/C29H24N2O4/c1-2-17-35-22-10-5-9-21(18-22)27(32)25-26(20-13-15-30-16-14-20)31(29(34)28(25)33)24-12-6-8-19-7-3-4-11-23(19)24/h3-16,18,26,32H,2,17H2,1H3/b27-25+. The highest BCUT2D eigenvalue weighted by Gasteiger charge is 2.47. The van der Waals surface area contributed by atoms with Gasteiger partial charge in [0.05, 0.1) is 23.9 Å². The molecular formula is C29H24N2O4. The molecule has 0 saturated carbocycles. The Morgan fingerprint density at radius 2 is 1.71 bits per heavy atom. The van der Waals surface area contributed by atoms with Crippen molar-refractivity contribution in [2.75, 3.05) is 11.5 Å². The Labute approximate surface area is 203 Å². The van der Waals surface area contributed by atoms with E-state index < -0.39 is 17.7 Å². The van der Waals surface area contributed by atoms with Crippen LogP contribution in [0.15, 0.2) is 96.8 Å². The number of Topliss-reactive ketones (excluding diaryl/α,β-unsaturated/α-hetero) is 1. The highest BCUT2D eigenvalue weighted by atomic mass is 16.5. The van der Waals surface area contributed by atoms with Crippen molar-refractivity contribution < 1.29 is 19.4 Å². The van der Waals surface area contributed by atoms with Gasteiger partial charge in [-0.1, -0.05) is 55.5 Å². The number of aliphatic hydroxyl groups excluding tert-OH is 1. The lowest BCUT2D eigenvalue weighted by molar-refractivity contribution is -0.132. The van der Waals surface area contributed by atoms with Gasteiger partial charge in [0.15, 0.2) is 0 Å². The number of aromatic nitrogens is 1. The van der Waals surface area contributed by atoms with Crippen LogP contribution in [0.5, 0.6) is 5.75 Å². The molecule has 6 heteroatoms. The number of hydrogen-bond donors (Lipinski definition) is 1. The predicted molar refractivity (Wildman–Crippen MR) is 135 cm³/mol. The molecule has 0 spiro atoms. The van der Waals surface area contributed by atoms with E-state index in [2.05, 4.69) is 4.98 Å². The first kappa shape index (κ1) is 22.3. The number of amides is 1. The van der Waals surface area contributed by atoms with Gasteiger partial charge in [-0.15, -0.1) is 0 Å². The summed E-state index contributed by atoms with van der Waals surface area (Å²) in [6, 6.07) is 22.9. The Morgan fingerprint density at radius 3 is 2.51 bits per heavy atom. The summed E-state index contributed by atoms with van der Waals surface area (Å²) in [6.07, 6.45) is 4.06. The zero-order valence-electron chi connectivity index (χ0n) is 19.2. The maximum Gasteiger partial charge on any atom is 0.300 e. The minimum absolute atomic E-state index is 0.0294. The lowest BCUT2D eigenvalue weighted by atomic mass is 9.95. The van der Waals surface area contributed by atoms with Gasteiger partial charge < -0.3 is 9.84 Å². The molecule has 5 rings (SSSR count). The number of anilines is 1. The molecule has 1 unspecified atom stereocenters. The third-order valence-corrected chi connectivity index (χ3v) is 6.07. The maximum absolute atomic E-state index is 13.5. The van der Waals surface area contributed by atoms with E-state index in [4.69, 9.17) is 4.74 Å². The maximum atomic E-state index is 13.5. The number of fused-ring (bicyclic) bond motifs is 1. The molecule has 1 aliphatic rings. The number of carbonyl (C=O) groups is 2. The number of nitrogens with zero attached hydrogens (tertiary/aromatic N) is 2. The fourth-order valence-electron chi connectivity index (χ4n) is 4.47. The molecule has 174 valence electrons. The Kier molecular flexibility index (Phi) is 6.02. The zero-order valence-corrected chi connectivity index (χ0v) is 19.2. The number of hydrogen-bond acceptors (Lipinski definition) is 5. The summed E-state index contributed by atoms with van der Waals surface area (Å²) in [4.78, 5) is 32.5. The number of pyridine rings is 1. The summed E-state index contributed by atoms with van der Waals surface area (Å²) < 4.78 is 5.70. The summed E-state index contributed by atoms with van der Waals surface area (Å²) in [5.74, 6) is -1.09. The lowest BCUT2D eigenvalue weighted by Gasteiger charge is -2.26. The van der Waals surface area contributed by atoms with E-state index in [1.807, 2.05) is 49.4 Å². The monoisotopic (exact) mass is 464 g/mol. The van der Waals surface area contributed by atoms with Crippen LogP contribution in [0, 0.1) is 0 Å². The molecule has 0 bridgehead atoms. The minimum Gasteiger partial charge on any atom is -0.507 e. The van der Waals surface area contributed by atoms with E-state index in [0.717, 1.165) is 17.2 Å². The average molecular weight is 465 g/mol. The highest BCUT2D eigenvalue weighted by Crippen LogP contribution is 2.44. The number of ketones is 1. The van der Waals surface area contributed by atoms with E-state index in [1.54, 1.807) is 48.8 Å². The summed E-state index contributed by atoms with van der Waals surface area (Å²) in [6.45, 7) is 2.54. The van der Waals surface area contributed by atoms with E-state index in [0.29, 0.717) is 29.2 Å². The largest absolute Gasteiger partial charge is 0.507 e. The van der Waals surface area contributed by atoms with Gasteiger partial charge in [0.1, 0.15) is 11.5 Å². The number of rotatable bonds is 6. The summed E-state index contributed by atoms with van der Waals surface area (Å²) in [5.41, 5.74) is 1.72. The van der Waals surface area contributed by atoms with Crippen LogP contribution in [0.2, 0.25) is 0 Å². The van der Waals surface area contributed by atoms with Gasteiger partial charge in [-0.3, -0.25) is 19.5 Å². The normalized spacial score (nSPS) is 17.2. The number of ether oxygens (including phenoxy) is 1. The second-order valence-electron chi connectivity index (χ2n) is 8.32. The number of carbonyl (C=O) groups excluding carboxylic acids is 2. The van der Waals surface area contributed by atoms with E-state index in [9.17, 15) is 14.7 Å². The molecule has 3 aromatic carbocycles. The second kappa shape index (κ2) is 9.43. The first-order valence-electron chi connectivity index (χ1n) is 11.5. The quantitative estimate of drug-likeness (QED) is 0.227. The fourth-order valence-corrected chi connectivity index (χ4v) is 4.47. The molecular weight excluding hydrogens is 440 g/mol. The Bertz CT molecular complexity index is 1440. The Balaban J connectivity index is 1.71. The van der Waals surface area contributed by atoms with Gasteiger partial charge in [-0.25, -0.2) is 0 Å². The first-order chi connectivity index (χ1) is 17.1. The van der Waals surface area contributed by atoms with Crippen LogP contribution in [0.4, 0.5) is 5.69 Å². The van der Waals surface area contributed by atoms with Crippen molar-refractivity contribution in [1.29, 1.82) is 0 Å². The third-order valence-electron chi connectivity index (χ3n) is 6.07. The van der Waals surface area contributed by atoms with Crippen molar-refractivity contribution in [1.82, 2.24) is 4.98 Å². The molecule has 35 heavy (non-hydrogen) atoms. The summed E-state index contributed by atoms with van der Waals surface area (Å²) >= 11 is 0. The molecule has 1 saturated heterocycles. The van der Waals surface area contributed by atoms with Crippen LogP contribution in [-0.4, -0.2) is 28.4 Å². The zero-order chi connectivity index (χ0) is 24.4. The summed E-state index contributed by atoms with van der Waals surface area (Å²) in [7, 11) is 0. The third kappa shape index (κ3) is 4.04. The van der Waals surface area contributed by atoms with Gasteiger partial charge in [0, 0.05) is 23.3 Å². The van der Waals surface area contributed by atoms with Gasteiger partial charge in [-0.05, 0) is 47.7 Å². The molecule has 0 radical (unpaired) electrons. The van der Waals surface area contributed by atoms with Crippen molar-refractivity contribution in [2.45, 2.75) is 19.4 Å². The molecule has 1 atom stereocenters. The van der Waals surface area contributed by atoms with Crippen molar-refractivity contribution >= 4 is 33.9 Å². The molecule has 1 aliphatic heterocycles. The first-order valence-corrected chi connectivity index (χ1v) is 11.5. The van der Waals surface area contributed by atoms with Crippen LogP contribution in [-0.2, 0) is 9.59 Å². The molecule has 2 heterocycles. The predicted octanol–water partition coefficient (Wildman–Crippen LogP) is 5.65.